The van der Waals surface area contributed by atoms with Gasteiger partial charge in [0.1, 0.15) is 10.6 Å². The SMILES string of the molecule is O=C(NCc1cn(Cc2ccc([N+](=O)[O-])cc2)nn1)c1ccc([N+](=O)[O-])o1. The molecule has 2 heterocycles. The Kier molecular flexibility index (Phi) is 4.88. The smallest absolute Gasteiger partial charge is 0.395 e. The Hall–Kier alpha value is -4.09. The minimum Gasteiger partial charge on any atom is -0.395 e. The largest absolute Gasteiger partial charge is 0.433 e. The van der Waals surface area contributed by atoms with Gasteiger partial charge in [0.05, 0.1) is 30.3 Å². The van der Waals surface area contributed by atoms with Crippen molar-refractivity contribution < 1.29 is 19.1 Å². The summed E-state index contributed by atoms with van der Waals surface area (Å²) in [6.07, 6.45) is 1.60. The summed E-state index contributed by atoms with van der Waals surface area (Å²) in [5.74, 6) is -1.32. The summed E-state index contributed by atoms with van der Waals surface area (Å²) in [7, 11) is 0. The molecule has 1 N–H and O–H groups in total. The van der Waals surface area contributed by atoms with Crippen LogP contribution in [-0.2, 0) is 13.1 Å². The zero-order chi connectivity index (χ0) is 19.4. The quantitative estimate of drug-likeness (QED) is 0.484. The normalized spacial score (nSPS) is 10.5. The summed E-state index contributed by atoms with van der Waals surface area (Å²) in [6, 6.07) is 8.33. The van der Waals surface area contributed by atoms with Crippen molar-refractivity contribution in [3.63, 3.8) is 0 Å². The maximum atomic E-state index is 11.9. The fraction of sp³-hybridized carbons (Fsp3) is 0.133. The first-order valence-corrected chi connectivity index (χ1v) is 7.57. The van der Waals surface area contributed by atoms with Crippen LogP contribution in [0.3, 0.4) is 0 Å². The van der Waals surface area contributed by atoms with Crippen LogP contribution >= 0.6 is 0 Å². The van der Waals surface area contributed by atoms with Crippen LogP contribution in [-0.4, -0.2) is 30.7 Å². The highest BCUT2D eigenvalue weighted by molar-refractivity contribution is 5.91. The number of hydrogen-bond donors (Lipinski definition) is 1. The zero-order valence-electron chi connectivity index (χ0n) is 13.6. The Morgan fingerprint density at radius 1 is 1.11 bits per heavy atom. The number of nitro benzene ring substituents is 1. The molecule has 0 saturated heterocycles. The van der Waals surface area contributed by atoms with Gasteiger partial charge in [0.15, 0.2) is 5.76 Å². The summed E-state index contributed by atoms with van der Waals surface area (Å²) < 4.78 is 6.32. The molecule has 12 heteroatoms. The molecule has 27 heavy (non-hydrogen) atoms. The Labute approximate surface area is 150 Å². The first-order valence-electron chi connectivity index (χ1n) is 7.57. The van der Waals surface area contributed by atoms with Crippen LogP contribution in [0.2, 0.25) is 0 Å². The fourth-order valence-corrected chi connectivity index (χ4v) is 2.21. The third kappa shape index (κ3) is 4.31. The molecule has 1 amide bonds. The fourth-order valence-electron chi connectivity index (χ4n) is 2.21. The van der Waals surface area contributed by atoms with Crippen molar-refractivity contribution in [3.8, 4) is 0 Å². The van der Waals surface area contributed by atoms with E-state index in [-0.39, 0.29) is 18.0 Å². The van der Waals surface area contributed by atoms with Crippen molar-refractivity contribution in [3.05, 3.63) is 79.8 Å². The van der Waals surface area contributed by atoms with Gasteiger partial charge in [-0.1, -0.05) is 17.3 Å². The standard InChI is InChI=1S/C15H12N6O6/c22-15(13-5-6-14(27-13)21(25)26)16-7-11-9-19(18-17-11)8-10-1-3-12(4-2-10)20(23)24/h1-6,9H,7-8H2,(H,16,22). The lowest BCUT2D eigenvalue weighted by atomic mass is 10.2. The number of non-ortho nitro benzene ring substituents is 1. The molecule has 3 rings (SSSR count). The lowest BCUT2D eigenvalue weighted by Crippen LogP contribution is -2.22. The molecule has 12 nitrogen and oxygen atoms in total. The average molecular weight is 372 g/mol. The molecular weight excluding hydrogens is 360 g/mol. The van der Waals surface area contributed by atoms with Crippen molar-refractivity contribution >= 4 is 17.5 Å². The van der Waals surface area contributed by atoms with Gasteiger partial charge in [0.25, 0.3) is 11.6 Å². The topological polar surface area (TPSA) is 159 Å². The molecule has 0 bridgehead atoms. The average Bonchev–Trinajstić information content (AvgIpc) is 3.30. The number of furan rings is 1. The molecule has 3 aromatic rings. The van der Waals surface area contributed by atoms with Gasteiger partial charge < -0.3 is 9.73 Å². The highest BCUT2D eigenvalue weighted by Gasteiger charge is 2.17. The van der Waals surface area contributed by atoms with E-state index in [1.165, 1.54) is 22.9 Å². The van der Waals surface area contributed by atoms with Gasteiger partial charge in [-0.15, -0.1) is 5.10 Å². The maximum absolute atomic E-state index is 11.9. The van der Waals surface area contributed by atoms with Gasteiger partial charge >= 0.3 is 5.88 Å². The van der Waals surface area contributed by atoms with E-state index in [1.54, 1.807) is 18.3 Å². The number of carbonyl (C=O) groups excluding carboxylic acids is 1. The van der Waals surface area contributed by atoms with E-state index in [9.17, 15) is 25.0 Å². The summed E-state index contributed by atoms with van der Waals surface area (Å²) in [6.45, 7) is 0.400. The van der Waals surface area contributed by atoms with Gasteiger partial charge in [0, 0.05) is 12.1 Å². The molecule has 0 fully saturated rings. The van der Waals surface area contributed by atoms with Crippen LogP contribution in [0.5, 0.6) is 0 Å². The Balaban J connectivity index is 1.56. The lowest BCUT2D eigenvalue weighted by molar-refractivity contribution is -0.402. The maximum Gasteiger partial charge on any atom is 0.433 e. The first kappa shape index (κ1) is 17.7. The molecule has 0 saturated carbocycles. The van der Waals surface area contributed by atoms with E-state index in [1.807, 2.05) is 0 Å². The minimum absolute atomic E-state index is 0.00101. The third-order valence-corrected chi connectivity index (χ3v) is 3.50. The van der Waals surface area contributed by atoms with Gasteiger partial charge in [-0.2, -0.15) is 0 Å². The molecule has 0 aliphatic rings. The number of benzene rings is 1. The number of nitrogens with zero attached hydrogens (tertiary/aromatic N) is 5. The number of aromatic nitrogens is 3. The first-order chi connectivity index (χ1) is 12.9. The highest BCUT2D eigenvalue weighted by atomic mass is 16.6. The zero-order valence-corrected chi connectivity index (χ0v) is 13.6. The molecule has 0 unspecified atom stereocenters. The Bertz CT molecular complexity index is 992. The Morgan fingerprint density at radius 2 is 1.85 bits per heavy atom. The van der Waals surface area contributed by atoms with Gasteiger partial charge in [-0.05, 0) is 11.6 Å². The lowest BCUT2D eigenvalue weighted by Gasteiger charge is -2.01. The number of amides is 1. The van der Waals surface area contributed by atoms with E-state index < -0.39 is 21.6 Å². The summed E-state index contributed by atoms with van der Waals surface area (Å²) in [5.41, 5.74) is 1.26. The molecule has 0 aliphatic carbocycles. The predicted octanol–water partition coefficient (Wildman–Crippen LogP) is 1.67. The van der Waals surface area contributed by atoms with E-state index in [0.29, 0.717) is 12.2 Å². The van der Waals surface area contributed by atoms with Crippen LogP contribution < -0.4 is 5.32 Å². The summed E-state index contributed by atoms with van der Waals surface area (Å²) in [5, 5.41) is 31.5. The van der Waals surface area contributed by atoms with Crippen LogP contribution in [0.25, 0.3) is 0 Å². The molecule has 0 atom stereocenters. The third-order valence-electron chi connectivity index (χ3n) is 3.50. The van der Waals surface area contributed by atoms with Crippen LogP contribution in [0, 0.1) is 20.2 Å². The van der Waals surface area contributed by atoms with Crippen LogP contribution in [0.4, 0.5) is 11.6 Å². The summed E-state index contributed by atoms with van der Waals surface area (Å²) in [4.78, 5) is 31.9. The van der Waals surface area contributed by atoms with E-state index in [0.717, 1.165) is 11.6 Å². The number of nitrogens with one attached hydrogen (secondary N) is 1. The molecule has 0 spiro atoms. The van der Waals surface area contributed by atoms with Gasteiger partial charge in [-0.25, -0.2) is 4.68 Å². The Morgan fingerprint density at radius 3 is 2.48 bits per heavy atom. The van der Waals surface area contributed by atoms with Crippen LogP contribution in [0.1, 0.15) is 21.8 Å². The predicted molar refractivity (Wildman–Crippen MR) is 88.8 cm³/mol. The molecule has 1 aromatic carbocycles. The molecular formula is C15H12N6O6. The number of hydrogen-bond acceptors (Lipinski definition) is 8. The number of rotatable bonds is 7. The van der Waals surface area contributed by atoms with Crippen molar-refractivity contribution in [2.75, 3.05) is 0 Å². The molecule has 0 aliphatic heterocycles. The molecule has 0 radical (unpaired) electrons. The number of nitro groups is 2. The van der Waals surface area contributed by atoms with Crippen molar-refractivity contribution in [2.45, 2.75) is 13.1 Å². The minimum atomic E-state index is -0.736. The van der Waals surface area contributed by atoms with Crippen LogP contribution in [0.15, 0.2) is 47.0 Å². The molecule has 138 valence electrons. The van der Waals surface area contributed by atoms with Gasteiger partial charge in [0.2, 0.25) is 0 Å². The second kappa shape index (κ2) is 7.43. The van der Waals surface area contributed by atoms with Crippen molar-refractivity contribution in [1.29, 1.82) is 0 Å². The van der Waals surface area contributed by atoms with Crippen molar-refractivity contribution in [1.82, 2.24) is 20.3 Å². The highest BCUT2D eigenvalue weighted by Crippen LogP contribution is 2.15. The van der Waals surface area contributed by atoms with E-state index >= 15 is 0 Å². The molecule has 2 aromatic heterocycles. The second-order valence-electron chi connectivity index (χ2n) is 5.41. The summed E-state index contributed by atoms with van der Waals surface area (Å²) >= 11 is 0. The number of carbonyl (C=O) groups is 1. The van der Waals surface area contributed by atoms with E-state index in [4.69, 9.17) is 4.42 Å². The monoisotopic (exact) mass is 372 g/mol. The van der Waals surface area contributed by atoms with E-state index in [2.05, 4.69) is 15.6 Å². The van der Waals surface area contributed by atoms with Crippen molar-refractivity contribution in [2.24, 2.45) is 0 Å². The van der Waals surface area contributed by atoms with Gasteiger partial charge in [-0.3, -0.25) is 25.0 Å². The second-order valence-corrected chi connectivity index (χ2v) is 5.41.